The second kappa shape index (κ2) is 8.99. The molecule has 4 aromatic rings. The van der Waals surface area contributed by atoms with Gasteiger partial charge in [-0.2, -0.15) is 9.61 Å². The molecule has 0 fully saturated rings. The number of aliphatic hydroxyl groups is 1. The molecule has 0 spiro atoms. The van der Waals surface area contributed by atoms with Crippen molar-refractivity contribution in [1.29, 1.82) is 0 Å². The van der Waals surface area contributed by atoms with Gasteiger partial charge < -0.3 is 20.7 Å². The lowest BCUT2D eigenvalue weighted by molar-refractivity contribution is -0.135. The lowest BCUT2D eigenvalue weighted by Crippen LogP contribution is -2.38. The average Bonchev–Trinajstić information content (AvgIpc) is 3.45. The summed E-state index contributed by atoms with van der Waals surface area (Å²) in [4.78, 5) is 38.1. The standard InChI is InChI=1S/C23H27N7O3/c1-4-15(29(3)20(33)11-31)6-8-18-21(13(2)32)22(24)30-23(28-18)16(10-27-30)14-5-7-17-19(9-14)26-12-25-17/h5,7,9-10,12,15,31H,4,6,8,11,24H2,1-3H3,(H,25,26)/t15-/m1/s1. The zero-order chi connectivity index (χ0) is 23.7. The quantitative estimate of drug-likeness (QED) is 0.350. The number of ketones is 1. The van der Waals surface area contributed by atoms with Crippen LogP contribution in [0.5, 0.6) is 0 Å². The number of aromatic nitrogens is 5. The molecule has 33 heavy (non-hydrogen) atoms. The maximum atomic E-state index is 12.5. The van der Waals surface area contributed by atoms with E-state index >= 15 is 0 Å². The van der Waals surface area contributed by atoms with Crippen LogP contribution in [0.25, 0.3) is 27.8 Å². The van der Waals surface area contributed by atoms with Crippen molar-refractivity contribution >= 4 is 34.2 Å². The summed E-state index contributed by atoms with van der Waals surface area (Å²) in [6.07, 6.45) is 5.05. The number of likely N-dealkylation sites (N-methyl/N-ethyl adjacent to an activating group) is 1. The average molecular weight is 450 g/mol. The molecular formula is C23H27N7O3. The first-order chi connectivity index (χ1) is 15.8. The monoisotopic (exact) mass is 449 g/mol. The molecule has 10 heteroatoms. The molecule has 4 N–H and O–H groups in total. The minimum Gasteiger partial charge on any atom is -0.387 e. The number of nitrogens with two attached hydrogens (primary N) is 1. The van der Waals surface area contributed by atoms with E-state index in [0.29, 0.717) is 36.2 Å². The fourth-order valence-electron chi connectivity index (χ4n) is 4.22. The Kier molecular flexibility index (Phi) is 6.10. The van der Waals surface area contributed by atoms with Crippen LogP contribution in [-0.4, -0.2) is 66.0 Å². The predicted octanol–water partition coefficient (Wildman–Crippen LogP) is 2.22. The fraction of sp³-hybridized carbons (Fsp3) is 0.348. The molecule has 3 heterocycles. The number of carbonyl (C=O) groups is 2. The summed E-state index contributed by atoms with van der Waals surface area (Å²) in [6.45, 7) is 2.89. The predicted molar refractivity (Wildman–Crippen MR) is 125 cm³/mol. The number of Topliss-reactive ketones (excluding diaryl/α,β-unsaturated/α-hetero) is 1. The smallest absolute Gasteiger partial charge is 0.248 e. The molecule has 0 saturated carbocycles. The summed E-state index contributed by atoms with van der Waals surface area (Å²) in [5.74, 6) is -0.300. The summed E-state index contributed by atoms with van der Waals surface area (Å²) in [7, 11) is 1.67. The number of aromatic amines is 1. The highest BCUT2D eigenvalue weighted by Gasteiger charge is 2.23. The molecule has 1 atom stereocenters. The highest BCUT2D eigenvalue weighted by atomic mass is 16.3. The number of nitrogens with zero attached hydrogens (tertiary/aromatic N) is 5. The summed E-state index contributed by atoms with van der Waals surface area (Å²) in [6, 6.07) is 5.74. The third kappa shape index (κ3) is 4.05. The maximum absolute atomic E-state index is 12.5. The Hall–Kier alpha value is -3.79. The molecule has 0 saturated heterocycles. The lowest BCUT2D eigenvalue weighted by Gasteiger charge is -2.27. The number of hydrogen-bond donors (Lipinski definition) is 3. The summed E-state index contributed by atoms with van der Waals surface area (Å²) < 4.78 is 1.49. The van der Waals surface area contributed by atoms with Gasteiger partial charge in [0.05, 0.1) is 34.8 Å². The minimum absolute atomic E-state index is 0.102. The van der Waals surface area contributed by atoms with E-state index in [-0.39, 0.29) is 23.6 Å². The van der Waals surface area contributed by atoms with Crippen LogP contribution in [0.2, 0.25) is 0 Å². The van der Waals surface area contributed by atoms with E-state index in [1.807, 2.05) is 25.1 Å². The molecule has 10 nitrogen and oxygen atoms in total. The SMILES string of the molecule is CC[C@H](CCc1nc2c(-c3ccc4[nH]cnc4c3)cnn2c(N)c1C(C)=O)N(C)C(=O)CO. The van der Waals surface area contributed by atoms with E-state index < -0.39 is 6.61 Å². The van der Waals surface area contributed by atoms with Crippen molar-refractivity contribution < 1.29 is 14.7 Å². The summed E-state index contributed by atoms with van der Waals surface area (Å²) in [5, 5.41) is 13.6. The number of benzene rings is 1. The topological polar surface area (TPSA) is 142 Å². The second-order valence-corrected chi connectivity index (χ2v) is 8.07. The van der Waals surface area contributed by atoms with Gasteiger partial charge in [0.15, 0.2) is 11.4 Å². The first-order valence-corrected chi connectivity index (χ1v) is 10.8. The number of fused-ring (bicyclic) bond motifs is 2. The summed E-state index contributed by atoms with van der Waals surface area (Å²) >= 11 is 0. The number of anilines is 1. The van der Waals surface area contributed by atoms with Crippen LogP contribution < -0.4 is 5.73 Å². The highest BCUT2D eigenvalue weighted by molar-refractivity contribution is 6.00. The van der Waals surface area contributed by atoms with Gasteiger partial charge in [-0.25, -0.2) is 9.97 Å². The molecule has 172 valence electrons. The molecule has 0 bridgehead atoms. The van der Waals surface area contributed by atoms with Gasteiger partial charge in [-0.15, -0.1) is 0 Å². The van der Waals surface area contributed by atoms with Gasteiger partial charge in [0.1, 0.15) is 12.4 Å². The zero-order valence-corrected chi connectivity index (χ0v) is 18.9. The van der Waals surface area contributed by atoms with Crippen molar-refractivity contribution in [2.75, 3.05) is 19.4 Å². The maximum Gasteiger partial charge on any atom is 0.248 e. The van der Waals surface area contributed by atoms with Crippen LogP contribution in [0.3, 0.4) is 0 Å². The van der Waals surface area contributed by atoms with Crippen molar-refractivity contribution in [3.63, 3.8) is 0 Å². The Morgan fingerprint density at radius 2 is 2.12 bits per heavy atom. The molecule has 1 amide bonds. The highest BCUT2D eigenvalue weighted by Crippen LogP contribution is 2.29. The Bertz CT molecular complexity index is 1340. The number of nitrogens with one attached hydrogen (secondary N) is 1. The first-order valence-electron chi connectivity index (χ1n) is 10.8. The fourth-order valence-corrected chi connectivity index (χ4v) is 4.22. The van der Waals surface area contributed by atoms with Crippen LogP contribution >= 0.6 is 0 Å². The van der Waals surface area contributed by atoms with E-state index in [9.17, 15) is 14.7 Å². The molecule has 0 aliphatic carbocycles. The largest absolute Gasteiger partial charge is 0.387 e. The molecule has 0 aliphatic heterocycles. The molecule has 0 radical (unpaired) electrons. The number of rotatable bonds is 8. The number of aryl methyl sites for hydroxylation is 1. The Morgan fingerprint density at radius 1 is 1.33 bits per heavy atom. The van der Waals surface area contributed by atoms with Gasteiger partial charge in [-0.3, -0.25) is 9.59 Å². The van der Waals surface area contributed by atoms with Crippen molar-refractivity contribution in [3.05, 3.63) is 42.0 Å². The molecular weight excluding hydrogens is 422 g/mol. The number of imidazole rings is 1. The van der Waals surface area contributed by atoms with Crippen molar-refractivity contribution in [2.45, 2.75) is 39.2 Å². The number of aliphatic hydroxyl groups excluding tert-OH is 1. The molecule has 0 unspecified atom stereocenters. The van der Waals surface area contributed by atoms with Gasteiger partial charge in [-0.1, -0.05) is 13.0 Å². The summed E-state index contributed by atoms with van der Waals surface area (Å²) in [5.41, 5.74) is 11.3. The van der Waals surface area contributed by atoms with Crippen LogP contribution in [0.15, 0.2) is 30.7 Å². The Balaban J connectivity index is 1.76. The molecule has 0 aliphatic rings. The van der Waals surface area contributed by atoms with Gasteiger partial charge in [0.2, 0.25) is 5.91 Å². The zero-order valence-electron chi connectivity index (χ0n) is 18.9. The van der Waals surface area contributed by atoms with E-state index in [1.54, 1.807) is 24.5 Å². The third-order valence-corrected chi connectivity index (χ3v) is 6.10. The number of H-pyrrole nitrogens is 1. The van der Waals surface area contributed by atoms with Gasteiger partial charge in [0, 0.05) is 18.7 Å². The number of carbonyl (C=O) groups excluding carboxylic acids is 2. The van der Waals surface area contributed by atoms with Crippen LogP contribution in [-0.2, 0) is 11.2 Å². The number of amides is 1. The molecule has 4 rings (SSSR count). The molecule has 1 aromatic carbocycles. The van der Waals surface area contributed by atoms with Crippen molar-refractivity contribution in [1.82, 2.24) is 29.5 Å². The van der Waals surface area contributed by atoms with Crippen molar-refractivity contribution in [3.8, 4) is 11.1 Å². The van der Waals surface area contributed by atoms with Gasteiger partial charge >= 0.3 is 0 Å². The second-order valence-electron chi connectivity index (χ2n) is 8.07. The van der Waals surface area contributed by atoms with Gasteiger partial charge in [-0.05, 0) is 43.9 Å². The first kappa shape index (κ1) is 22.4. The van der Waals surface area contributed by atoms with E-state index in [0.717, 1.165) is 22.2 Å². The van der Waals surface area contributed by atoms with E-state index in [2.05, 4.69) is 15.1 Å². The van der Waals surface area contributed by atoms with E-state index in [1.165, 1.54) is 11.4 Å². The lowest BCUT2D eigenvalue weighted by atomic mass is 10.0. The number of nitrogen functional groups attached to an aromatic ring is 1. The third-order valence-electron chi connectivity index (χ3n) is 6.10. The van der Waals surface area contributed by atoms with Crippen molar-refractivity contribution in [2.24, 2.45) is 0 Å². The normalized spacial score (nSPS) is 12.4. The Labute approximate surface area is 190 Å². The van der Waals surface area contributed by atoms with Gasteiger partial charge in [0.25, 0.3) is 0 Å². The number of hydrogen-bond acceptors (Lipinski definition) is 7. The van der Waals surface area contributed by atoms with Crippen LogP contribution in [0, 0.1) is 0 Å². The van der Waals surface area contributed by atoms with Crippen LogP contribution in [0.1, 0.15) is 42.7 Å². The van der Waals surface area contributed by atoms with Crippen LogP contribution in [0.4, 0.5) is 5.82 Å². The Morgan fingerprint density at radius 3 is 2.82 bits per heavy atom. The van der Waals surface area contributed by atoms with E-state index in [4.69, 9.17) is 10.7 Å². The minimum atomic E-state index is -0.539. The molecule has 3 aromatic heterocycles.